The van der Waals surface area contributed by atoms with Gasteiger partial charge in [-0.15, -0.1) is 0 Å². The number of rotatable bonds is 3. The van der Waals surface area contributed by atoms with Gasteiger partial charge in [0.1, 0.15) is 12.6 Å². The van der Waals surface area contributed by atoms with Crippen molar-refractivity contribution in [3.63, 3.8) is 0 Å². The Labute approximate surface area is 103 Å². The van der Waals surface area contributed by atoms with Crippen LogP contribution in [0, 0.1) is 5.82 Å². The van der Waals surface area contributed by atoms with Crippen molar-refractivity contribution in [1.29, 1.82) is 0 Å². The third-order valence-electron chi connectivity index (χ3n) is 2.45. The molecule has 0 bridgehead atoms. The maximum absolute atomic E-state index is 13.1. The highest BCUT2D eigenvalue weighted by Gasteiger charge is 2.45. The van der Waals surface area contributed by atoms with Crippen molar-refractivity contribution in [2.24, 2.45) is 5.73 Å². The lowest BCUT2D eigenvalue weighted by molar-refractivity contribution is -0.140. The van der Waals surface area contributed by atoms with Crippen molar-refractivity contribution in [3.8, 4) is 5.75 Å². The van der Waals surface area contributed by atoms with Gasteiger partial charge in [-0.2, -0.15) is 13.2 Å². The third kappa shape index (κ3) is 2.92. The molecule has 0 amide bonds. The van der Waals surface area contributed by atoms with E-state index >= 15 is 0 Å². The average molecular weight is 289 g/mol. The first-order valence-corrected chi connectivity index (χ1v) is 4.85. The fourth-order valence-corrected chi connectivity index (χ4v) is 1.45. The monoisotopic (exact) mass is 289 g/mol. The summed E-state index contributed by atoms with van der Waals surface area (Å²) in [5.41, 5.74) is 1.73. The number of hydrogen-bond acceptors (Lipinski definition) is 3. The molecule has 0 unspecified atom stereocenters. The second-order valence-corrected chi connectivity index (χ2v) is 3.75. The molecule has 4 N–H and O–H groups in total. The van der Waals surface area contributed by atoms with E-state index in [1.165, 1.54) is 0 Å². The van der Waals surface area contributed by atoms with Crippen LogP contribution in [0.3, 0.4) is 0 Å². The van der Waals surface area contributed by atoms with E-state index in [0.717, 1.165) is 0 Å². The Bertz CT molecular complexity index is 474. The Balaban J connectivity index is 3.52. The second kappa shape index (κ2) is 4.89. The fraction of sp³-hybridized carbons (Fsp3) is 0.400. The van der Waals surface area contributed by atoms with Crippen molar-refractivity contribution in [3.05, 3.63) is 29.1 Å². The molecule has 1 atom stereocenters. The number of halogens is 6. The second-order valence-electron chi connectivity index (χ2n) is 3.75. The molecule has 108 valence electrons. The van der Waals surface area contributed by atoms with Crippen LogP contribution in [0.25, 0.3) is 0 Å². The summed E-state index contributed by atoms with van der Waals surface area (Å²) in [5, 5.41) is 17.6. The molecular weight excluding hydrogens is 280 g/mol. The van der Waals surface area contributed by atoms with Gasteiger partial charge in [0.15, 0.2) is 11.6 Å². The molecule has 0 aliphatic carbocycles. The Morgan fingerprint density at radius 3 is 2.11 bits per heavy atom. The van der Waals surface area contributed by atoms with E-state index in [1.54, 1.807) is 0 Å². The minimum absolute atomic E-state index is 0.192. The molecule has 0 aliphatic rings. The lowest BCUT2D eigenvalue weighted by Crippen LogP contribution is -2.37. The van der Waals surface area contributed by atoms with Crippen LogP contribution in [0.2, 0.25) is 0 Å². The van der Waals surface area contributed by atoms with Crippen LogP contribution < -0.4 is 5.73 Å². The normalized spacial score (nSPS) is 14.5. The number of aliphatic hydroxyl groups is 1. The standard InChI is InChI=1S/C10H9F6NO2/c11-5-2-1-4(10(14,15)16)6(7(5)19)8(17)9(12,13)3-18/h1-2,8,18-19H,3,17H2/t8-/m0/s1. The van der Waals surface area contributed by atoms with E-state index < -0.39 is 47.4 Å². The quantitative estimate of drug-likeness (QED) is 0.747. The first kappa shape index (κ1) is 15.6. The van der Waals surface area contributed by atoms with E-state index in [1.807, 2.05) is 0 Å². The SMILES string of the molecule is N[C@@H](c1c(C(F)(F)F)ccc(F)c1O)C(F)(F)CO. The number of benzene rings is 1. The maximum atomic E-state index is 13.1. The van der Waals surface area contributed by atoms with E-state index in [-0.39, 0.29) is 12.1 Å². The van der Waals surface area contributed by atoms with Gasteiger partial charge < -0.3 is 15.9 Å². The summed E-state index contributed by atoms with van der Waals surface area (Å²) in [7, 11) is 0. The van der Waals surface area contributed by atoms with Gasteiger partial charge in [-0.3, -0.25) is 0 Å². The lowest BCUT2D eigenvalue weighted by atomic mass is 9.94. The molecule has 0 fully saturated rings. The van der Waals surface area contributed by atoms with Crippen LogP contribution in [-0.4, -0.2) is 22.7 Å². The summed E-state index contributed by atoms with van der Waals surface area (Å²) in [4.78, 5) is 0. The molecule has 3 nitrogen and oxygen atoms in total. The molecular formula is C10H9F6NO2. The van der Waals surface area contributed by atoms with Gasteiger partial charge in [0.05, 0.1) is 5.56 Å². The van der Waals surface area contributed by atoms with Crippen LogP contribution >= 0.6 is 0 Å². The number of aliphatic hydroxyl groups excluding tert-OH is 1. The number of nitrogens with two attached hydrogens (primary N) is 1. The van der Waals surface area contributed by atoms with Crippen molar-refractivity contribution < 1.29 is 36.6 Å². The van der Waals surface area contributed by atoms with Crippen LogP contribution in [0.15, 0.2) is 12.1 Å². The van der Waals surface area contributed by atoms with Gasteiger partial charge in [-0.1, -0.05) is 0 Å². The zero-order valence-electron chi connectivity index (χ0n) is 9.18. The molecule has 0 radical (unpaired) electrons. The molecule has 1 rings (SSSR count). The Kier molecular flexibility index (Phi) is 4.01. The smallest absolute Gasteiger partial charge is 0.416 e. The van der Waals surface area contributed by atoms with Gasteiger partial charge in [0.25, 0.3) is 5.92 Å². The topological polar surface area (TPSA) is 66.5 Å². The van der Waals surface area contributed by atoms with Crippen LogP contribution in [0.1, 0.15) is 17.2 Å². The van der Waals surface area contributed by atoms with E-state index in [0.29, 0.717) is 0 Å². The Morgan fingerprint density at radius 1 is 1.16 bits per heavy atom. The molecule has 1 aromatic rings. The van der Waals surface area contributed by atoms with E-state index in [9.17, 15) is 31.4 Å². The molecule has 19 heavy (non-hydrogen) atoms. The minimum Gasteiger partial charge on any atom is -0.505 e. The molecule has 0 aliphatic heterocycles. The summed E-state index contributed by atoms with van der Waals surface area (Å²) in [5.74, 6) is -7.28. The number of phenolic OH excluding ortho intramolecular Hbond substituents is 1. The van der Waals surface area contributed by atoms with Crippen molar-refractivity contribution in [1.82, 2.24) is 0 Å². The van der Waals surface area contributed by atoms with Gasteiger partial charge in [-0.25, -0.2) is 13.2 Å². The zero-order chi connectivity index (χ0) is 15.0. The molecule has 0 spiro atoms. The van der Waals surface area contributed by atoms with E-state index in [4.69, 9.17) is 10.8 Å². The van der Waals surface area contributed by atoms with Crippen molar-refractivity contribution in [2.45, 2.75) is 18.1 Å². The summed E-state index contributed by atoms with van der Waals surface area (Å²) >= 11 is 0. The van der Waals surface area contributed by atoms with Gasteiger partial charge in [-0.05, 0) is 12.1 Å². The molecule has 0 aromatic heterocycles. The summed E-state index contributed by atoms with van der Waals surface area (Å²) in [6.07, 6.45) is -5.11. The van der Waals surface area contributed by atoms with E-state index in [2.05, 4.69) is 0 Å². The molecule has 1 aromatic carbocycles. The number of phenols is 1. The number of hydrogen-bond donors (Lipinski definition) is 3. The summed E-state index contributed by atoms with van der Waals surface area (Å²) in [6, 6.07) is -2.23. The van der Waals surface area contributed by atoms with Crippen molar-refractivity contribution >= 4 is 0 Å². The molecule has 0 heterocycles. The molecule has 9 heteroatoms. The van der Waals surface area contributed by atoms with Gasteiger partial charge in [0, 0.05) is 5.56 Å². The van der Waals surface area contributed by atoms with Crippen LogP contribution in [0.5, 0.6) is 5.75 Å². The first-order chi connectivity index (χ1) is 8.52. The predicted octanol–water partition coefficient (Wildman–Crippen LogP) is 2.18. The highest BCUT2D eigenvalue weighted by molar-refractivity contribution is 5.45. The summed E-state index contributed by atoms with van der Waals surface area (Å²) in [6.45, 7) is -1.85. The van der Waals surface area contributed by atoms with Gasteiger partial charge >= 0.3 is 6.18 Å². The minimum atomic E-state index is -5.11. The fourth-order valence-electron chi connectivity index (χ4n) is 1.45. The predicted molar refractivity (Wildman–Crippen MR) is 52.0 cm³/mol. The summed E-state index contributed by atoms with van der Waals surface area (Å²) < 4.78 is 77.1. The number of aromatic hydroxyl groups is 1. The Morgan fingerprint density at radius 2 is 1.68 bits per heavy atom. The molecule has 0 saturated carbocycles. The maximum Gasteiger partial charge on any atom is 0.416 e. The average Bonchev–Trinajstić information content (AvgIpc) is 2.30. The Hall–Kier alpha value is -1.48. The zero-order valence-corrected chi connectivity index (χ0v) is 9.18. The third-order valence-corrected chi connectivity index (χ3v) is 2.45. The molecule has 0 saturated heterocycles. The van der Waals surface area contributed by atoms with Crippen LogP contribution in [-0.2, 0) is 6.18 Å². The lowest BCUT2D eigenvalue weighted by Gasteiger charge is -2.25. The van der Waals surface area contributed by atoms with Crippen molar-refractivity contribution in [2.75, 3.05) is 6.61 Å². The highest BCUT2D eigenvalue weighted by Crippen LogP contribution is 2.43. The highest BCUT2D eigenvalue weighted by atomic mass is 19.4. The first-order valence-electron chi connectivity index (χ1n) is 4.85. The number of alkyl halides is 5. The largest absolute Gasteiger partial charge is 0.505 e. The van der Waals surface area contributed by atoms with Gasteiger partial charge in [0.2, 0.25) is 0 Å². The van der Waals surface area contributed by atoms with Crippen LogP contribution in [0.4, 0.5) is 26.3 Å².